The standard InChI is InChI=1S/C16H14N2O2S/c1-11-6-7-12(21-11)8-9-16(20)18-10-15(19)17-13-4-2-3-5-14(13)18/h2-9H,10H2,1H3,(H,17,19). The molecule has 1 aliphatic heterocycles. The van der Waals surface area contributed by atoms with Gasteiger partial charge in [-0.1, -0.05) is 12.1 Å². The van der Waals surface area contributed by atoms with Crippen molar-refractivity contribution in [1.82, 2.24) is 0 Å². The van der Waals surface area contributed by atoms with Crippen molar-refractivity contribution in [3.05, 3.63) is 52.2 Å². The molecule has 0 aliphatic carbocycles. The van der Waals surface area contributed by atoms with Crippen LogP contribution in [0.2, 0.25) is 0 Å². The first-order valence-corrected chi connectivity index (χ1v) is 7.40. The number of fused-ring (bicyclic) bond motifs is 1. The molecule has 0 saturated carbocycles. The maximum absolute atomic E-state index is 12.4. The number of carbonyl (C=O) groups is 2. The van der Waals surface area contributed by atoms with E-state index in [0.717, 1.165) is 10.6 Å². The predicted molar refractivity (Wildman–Crippen MR) is 85.5 cm³/mol. The number of rotatable bonds is 2. The lowest BCUT2D eigenvalue weighted by molar-refractivity contribution is -0.119. The molecule has 0 bridgehead atoms. The molecule has 0 spiro atoms. The molecule has 0 atom stereocenters. The summed E-state index contributed by atoms with van der Waals surface area (Å²) in [6, 6.07) is 11.3. The molecule has 0 fully saturated rings. The minimum absolute atomic E-state index is 0.0453. The summed E-state index contributed by atoms with van der Waals surface area (Å²) in [7, 11) is 0. The highest BCUT2D eigenvalue weighted by atomic mass is 32.1. The number of benzene rings is 1. The van der Waals surface area contributed by atoms with E-state index in [4.69, 9.17) is 0 Å². The molecule has 106 valence electrons. The van der Waals surface area contributed by atoms with E-state index < -0.39 is 0 Å². The van der Waals surface area contributed by atoms with Gasteiger partial charge in [0.05, 0.1) is 11.4 Å². The van der Waals surface area contributed by atoms with Crippen LogP contribution < -0.4 is 10.2 Å². The van der Waals surface area contributed by atoms with Crippen LogP contribution in [0, 0.1) is 6.92 Å². The highest BCUT2D eigenvalue weighted by Gasteiger charge is 2.24. The highest BCUT2D eigenvalue weighted by Crippen LogP contribution is 2.29. The van der Waals surface area contributed by atoms with Crippen molar-refractivity contribution in [2.24, 2.45) is 0 Å². The van der Waals surface area contributed by atoms with Gasteiger partial charge in [0.25, 0.3) is 5.91 Å². The Morgan fingerprint density at radius 2 is 2.10 bits per heavy atom. The Morgan fingerprint density at radius 1 is 1.29 bits per heavy atom. The van der Waals surface area contributed by atoms with Crippen molar-refractivity contribution in [2.75, 3.05) is 16.8 Å². The summed E-state index contributed by atoms with van der Waals surface area (Å²) in [4.78, 5) is 27.8. The molecule has 21 heavy (non-hydrogen) atoms. The van der Waals surface area contributed by atoms with Gasteiger partial charge in [0.2, 0.25) is 5.91 Å². The Bertz CT molecular complexity index is 733. The minimum atomic E-state index is -0.191. The molecule has 0 unspecified atom stereocenters. The average molecular weight is 298 g/mol. The van der Waals surface area contributed by atoms with Crippen LogP contribution in [0.1, 0.15) is 9.75 Å². The van der Waals surface area contributed by atoms with Gasteiger partial charge in [-0.2, -0.15) is 0 Å². The molecule has 4 nitrogen and oxygen atoms in total. The molecule has 2 heterocycles. The minimum Gasteiger partial charge on any atom is -0.323 e. The molecule has 0 radical (unpaired) electrons. The van der Waals surface area contributed by atoms with Crippen molar-refractivity contribution in [3.63, 3.8) is 0 Å². The summed E-state index contributed by atoms with van der Waals surface area (Å²) in [6.45, 7) is 2.07. The fourth-order valence-corrected chi connectivity index (χ4v) is 3.00. The molecule has 5 heteroatoms. The number of aryl methyl sites for hydroxylation is 1. The topological polar surface area (TPSA) is 49.4 Å². The van der Waals surface area contributed by atoms with Gasteiger partial charge >= 0.3 is 0 Å². The van der Waals surface area contributed by atoms with Crippen LogP contribution in [0.25, 0.3) is 6.08 Å². The van der Waals surface area contributed by atoms with Crippen LogP contribution in [0.3, 0.4) is 0 Å². The fraction of sp³-hybridized carbons (Fsp3) is 0.125. The number of para-hydroxylation sites is 2. The van der Waals surface area contributed by atoms with E-state index >= 15 is 0 Å². The summed E-state index contributed by atoms with van der Waals surface area (Å²) in [5, 5.41) is 2.77. The number of amides is 2. The zero-order valence-electron chi connectivity index (χ0n) is 11.5. The molecule has 0 saturated heterocycles. The lowest BCUT2D eigenvalue weighted by Crippen LogP contribution is -2.41. The van der Waals surface area contributed by atoms with Crippen LogP contribution in [0.4, 0.5) is 11.4 Å². The smallest absolute Gasteiger partial charge is 0.251 e. The van der Waals surface area contributed by atoms with Gasteiger partial charge in [0, 0.05) is 15.8 Å². The lowest BCUT2D eigenvalue weighted by Gasteiger charge is -2.28. The molecule has 2 amide bonds. The summed E-state index contributed by atoms with van der Waals surface area (Å²) in [5.41, 5.74) is 1.40. The first-order chi connectivity index (χ1) is 10.1. The Kier molecular flexibility index (Phi) is 3.58. The fourth-order valence-electron chi connectivity index (χ4n) is 2.22. The van der Waals surface area contributed by atoms with Crippen molar-refractivity contribution >= 4 is 40.6 Å². The monoisotopic (exact) mass is 298 g/mol. The van der Waals surface area contributed by atoms with Gasteiger partial charge in [-0.05, 0) is 37.3 Å². The second kappa shape index (κ2) is 5.54. The van der Waals surface area contributed by atoms with Crippen LogP contribution in [-0.4, -0.2) is 18.4 Å². The number of hydrogen-bond donors (Lipinski definition) is 1. The molecular weight excluding hydrogens is 284 g/mol. The maximum Gasteiger partial charge on any atom is 0.251 e. The Labute approximate surface area is 126 Å². The van der Waals surface area contributed by atoms with Gasteiger partial charge < -0.3 is 5.32 Å². The molecule has 1 aliphatic rings. The number of carbonyl (C=O) groups excluding carboxylic acids is 2. The van der Waals surface area contributed by atoms with Crippen molar-refractivity contribution < 1.29 is 9.59 Å². The van der Waals surface area contributed by atoms with E-state index in [1.54, 1.807) is 23.5 Å². The number of thiophene rings is 1. The second-order valence-electron chi connectivity index (χ2n) is 4.77. The molecule has 1 aromatic heterocycles. The third kappa shape index (κ3) is 2.87. The maximum atomic E-state index is 12.4. The molecule has 2 aromatic rings. The highest BCUT2D eigenvalue weighted by molar-refractivity contribution is 7.12. The van der Waals surface area contributed by atoms with E-state index in [-0.39, 0.29) is 18.4 Å². The van der Waals surface area contributed by atoms with Crippen LogP contribution >= 0.6 is 11.3 Å². The molecule has 1 aromatic carbocycles. The average Bonchev–Trinajstić information content (AvgIpc) is 2.89. The zero-order valence-corrected chi connectivity index (χ0v) is 12.3. The Morgan fingerprint density at radius 3 is 2.86 bits per heavy atom. The summed E-state index contributed by atoms with van der Waals surface area (Å²) >= 11 is 1.63. The third-order valence-electron chi connectivity index (χ3n) is 3.19. The van der Waals surface area contributed by atoms with E-state index in [1.807, 2.05) is 37.3 Å². The summed E-state index contributed by atoms with van der Waals surface area (Å²) in [6.07, 6.45) is 3.30. The first-order valence-electron chi connectivity index (χ1n) is 6.58. The van der Waals surface area contributed by atoms with Gasteiger partial charge in [-0.25, -0.2) is 0 Å². The normalized spacial score (nSPS) is 14.1. The summed E-state index contributed by atoms with van der Waals surface area (Å²) < 4.78 is 0. The largest absolute Gasteiger partial charge is 0.323 e. The number of anilines is 2. The number of nitrogens with zero attached hydrogens (tertiary/aromatic N) is 1. The van der Waals surface area contributed by atoms with Gasteiger partial charge in [-0.15, -0.1) is 11.3 Å². The molecule has 1 N–H and O–H groups in total. The van der Waals surface area contributed by atoms with E-state index in [0.29, 0.717) is 5.69 Å². The summed E-state index contributed by atoms with van der Waals surface area (Å²) in [5.74, 6) is -0.370. The zero-order chi connectivity index (χ0) is 14.8. The SMILES string of the molecule is Cc1ccc(C=CC(=O)N2CC(=O)Nc3ccccc32)s1. The Balaban J connectivity index is 1.85. The van der Waals surface area contributed by atoms with Crippen molar-refractivity contribution in [2.45, 2.75) is 6.92 Å². The quantitative estimate of drug-likeness (QED) is 0.866. The second-order valence-corrected chi connectivity index (χ2v) is 6.09. The van der Waals surface area contributed by atoms with E-state index in [2.05, 4.69) is 5.32 Å². The van der Waals surface area contributed by atoms with Crippen LogP contribution in [-0.2, 0) is 9.59 Å². The number of hydrogen-bond acceptors (Lipinski definition) is 3. The van der Waals surface area contributed by atoms with Gasteiger partial charge in [0.1, 0.15) is 6.54 Å². The number of nitrogens with one attached hydrogen (secondary N) is 1. The van der Waals surface area contributed by atoms with Gasteiger partial charge in [0.15, 0.2) is 0 Å². The molecular formula is C16H14N2O2S. The van der Waals surface area contributed by atoms with E-state index in [9.17, 15) is 9.59 Å². The third-order valence-corrected chi connectivity index (χ3v) is 4.15. The molecule has 3 rings (SSSR count). The lowest BCUT2D eigenvalue weighted by atomic mass is 10.2. The van der Waals surface area contributed by atoms with E-state index in [1.165, 1.54) is 15.9 Å². The first kappa shape index (κ1) is 13.6. The Hall–Kier alpha value is -2.40. The van der Waals surface area contributed by atoms with Crippen molar-refractivity contribution in [1.29, 1.82) is 0 Å². The van der Waals surface area contributed by atoms with Gasteiger partial charge in [-0.3, -0.25) is 14.5 Å². The van der Waals surface area contributed by atoms with Crippen LogP contribution in [0.15, 0.2) is 42.5 Å². The van der Waals surface area contributed by atoms with Crippen LogP contribution in [0.5, 0.6) is 0 Å². The predicted octanol–water partition coefficient (Wildman–Crippen LogP) is 3.06. The van der Waals surface area contributed by atoms with Crippen molar-refractivity contribution in [3.8, 4) is 0 Å².